The number of aliphatic carboxylic acids is 1. The van der Waals surface area contributed by atoms with Gasteiger partial charge in [0.15, 0.2) is 0 Å². The molecule has 142 valence electrons. The minimum atomic E-state index is -4.69. The van der Waals surface area contributed by atoms with Crippen molar-refractivity contribution >= 4 is 29.1 Å². The van der Waals surface area contributed by atoms with Gasteiger partial charge in [-0.25, -0.2) is 0 Å². The number of carbonyl (C=O) groups excluding carboxylic acids is 2. The molecule has 2 amide bonds. The molecule has 2 aliphatic heterocycles. The third-order valence-electron chi connectivity index (χ3n) is 4.90. The summed E-state index contributed by atoms with van der Waals surface area (Å²) in [6.45, 7) is -0.821. The number of thiophene rings is 1. The fourth-order valence-corrected chi connectivity index (χ4v) is 4.26. The third kappa shape index (κ3) is 3.42. The van der Waals surface area contributed by atoms with E-state index >= 15 is 0 Å². The van der Waals surface area contributed by atoms with Gasteiger partial charge in [0.1, 0.15) is 6.04 Å². The van der Waals surface area contributed by atoms with Crippen LogP contribution in [0.5, 0.6) is 0 Å². The number of halogens is 3. The number of likely N-dealkylation sites (tertiary alicyclic amines) is 2. The summed E-state index contributed by atoms with van der Waals surface area (Å²) in [5.74, 6) is -6.27. The number of hydrogen-bond acceptors (Lipinski definition) is 4. The highest BCUT2D eigenvalue weighted by atomic mass is 32.1. The largest absolute Gasteiger partial charge is 0.481 e. The van der Waals surface area contributed by atoms with E-state index in [9.17, 15) is 27.6 Å². The van der Waals surface area contributed by atoms with Gasteiger partial charge in [-0.3, -0.25) is 14.4 Å². The summed E-state index contributed by atoms with van der Waals surface area (Å²) >= 11 is 1.23. The smallest absolute Gasteiger partial charge is 0.394 e. The van der Waals surface area contributed by atoms with E-state index in [2.05, 4.69) is 0 Å². The van der Waals surface area contributed by atoms with Crippen molar-refractivity contribution in [1.82, 2.24) is 9.80 Å². The highest BCUT2D eigenvalue weighted by molar-refractivity contribution is 7.12. The Balaban J connectivity index is 1.76. The number of hydrogen-bond donors (Lipinski definition) is 1. The molecular formula is C16H17F3N2O4S. The molecule has 0 aromatic carbocycles. The summed E-state index contributed by atoms with van der Waals surface area (Å²) in [4.78, 5) is 39.2. The molecule has 2 fully saturated rings. The van der Waals surface area contributed by atoms with Crippen molar-refractivity contribution in [2.75, 3.05) is 19.6 Å². The minimum Gasteiger partial charge on any atom is -0.481 e. The Morgan fingerprint density at radius 1 is 1.23 bits per heavy atom. The molecular weight excluding hydrogens is 373 g/mol. The summed E-state index contributed by atoms with van der Waals surface area (Å²) in [7, 11) is 0. The van der Waals surface area contributed by atoms with Gasteiger partial charge in [0.25, 0.3) is 5.91 Å². The van der Waals surface area contributed by atoms with Gasteiger partial charge in [0.05, 0.1) is 16.7 Å². The number of nitrogens with zero attached hydrogens (tertiary/aromatic N) is 2. The normalized spacial score (nSPS) is 26.3. The number of rotatable bonds is 3. The molecule has 1 N–H and O–H groups in total. The highest BCUT2D eigenvalue weighted by Crippen LogP contribution is 2.38. The number of alkyl halides is 3. The van der Waals surface area contributed by atoms with Gasteiger partial charge in [0, 0.05) is 19.6 Å². The molecule has 1 aromatic rings. The Bertz CT molecular complexity index is 707. The lowest BCUT2D eigenvalue weighted by molar-refractivity contribution is -0.188. The van der Waals surface area contributed by atoms with Gasteiger partial charge in [0.2, 0.25) is 5.91 Å². The zero-order chi connectivity index (χ0) is 19.1. The Hall–Kier alpha value is -2.10. The number of carboxylic acid groups (broad SMARTS) is 1. The summed E-state index contributed by atoms with van der Waals surface area (Å²) in [6.07, 6.45) is -3.76. The monoisotopic (exact) mass is 390 g/mol. The maximum absolute atomic E-state index is 13.1. The Kier molecular flexibility index (Phi) is 4.96. The van der Waals surface area contributed by atoms with E-state index in [0.717, 1.165) is 4.90 Å². The molecule has 3 rings (SSSR count). The molecule has 0 spiro atoms. The lowest BCUT2D eigenvalue weighted by Gasteiger charge is -2.27. The van der Waals surface area contributed by atoms with Gasteiger partial charge in [-0.15, -0.1) is 11.3 Å². The predicted octanol–water partition coefficient (Wildman–Crippen LogP) is 2.07. The van der Waals surface area contributed by atoms with Crippen LogP contribution in [-0.2, 0) is 9.59 Å². The fourth-order valence-electron chi connectivity index (χ4n) is 3.58. The van der Waals surface area contributed by atoms with Crippen molar-refractivity contribution in [3.8, 4) is 0 Å². The Morgan fingerprint density at radius 2 is 1.96 bits per heavy atom. The van der Waals surface area contributed by atoms with Crippen LogP contribution in [-0.4, -0.2) is 64.5 Å². The van der Waals surface area contributed by atoms with E-state index in [-0.39, 0.29) is 5.91 Å². The quantitative estimate of drug-likeness (QED) is 0.857. The van der Waals surface area contributed by atoms with Crippen LogP contribution in [0.15, 0.2) is 17.5 Å². The molecule has 2 saturated heterocycles. The molecule has 3 heterocycles. The van der Waals surface area contributed by atoms with E-state index in [1.54, 1.807) is 17.5 Å². The molecule has 1 aromatic heterocycles. The first-order valence-corrected chi connectivity index (χ1v) is 9.01. The van der Waals surface area contributed by atoms with E-state index in [4.69, 9.17) is 5.11 Å². The van der Waals surface area contributed by atoms with Crippen molar-refractivity contribution in [2.45, 2.75) is 25.1 Å². The molecule has 10 heteroatoms. The first kappa shape index (κ1) is 18.7. The molecule has 3 atom stereocenters. The van der Waals surface area contributed by atoms with Crippen LogP contribution < -0.4 is 0 Å². The maximum Gasteiger partial charge on any atom is 0.394 e. The maximum atomic E-state index is 13.1. The molecule has 0 bridgehead atoms. The topological polar surface area (TPSA) is 77.9 Å². The standard InChI is InChI=1S/C16H17F3N2O4S/c17-16(18,19)10-8-20(7-9(10)15(24)25)13(22)11-3-1-5-21(11)14(23)12-4-2-6-26-12/h2,4,6,9-11H,1,3,5,7-8H2,(H,24,25)/t9-,10-,11+/m1/s1. The van der Waals surface area contributed by atoms with Crippen LogP contribution in [0, 0.1) is 11.8 Å². The van der Waals surface area contributed by atoms with E-state index in [1.165, 1.54) is 16.2 Å². The number of amides is 2. The minimum absolute atomic E-state index is 0.322. The van der Waals surface area contributed by atoms with Gasteiger partial charge >= 0.3 is 12.1 Å². The van der Waals surface area contributed by atoms with Crippen molar-refractivity contribution in [3.63, 3.8) is 0 Å². The van der Waals surface area contributed by atoms with Gasteiger partial charge in [-0.2, -0.15) is 13.2 Å². The first-order valence-electron chi connectivity index (χ1n) is 8.13. The fraction of sp³-hybridized carbons (Fsp3) is 0.562. The van der Waals surface area contributed by atoms with E-state index in [0.29, 0.717) is 24.3 Å². The van der Waals surface area contributed by atoms with E-state index < -0.39 is 49.0 Å². The van der Waals surface area contributed by atoms with Crippen LogP contribution >= 0.6 is 11.3 Å². The zero-order valence-electron chi connectivity index (χ0n) is 13.6. The number of carboxylic acids is 1. The summed E-state index contributed by atoms with van der Waals surface area (Å²) in [5.41, 5.74) is 0. The van der Waals surface area contributed by atoms with Crippen LogP contribution in [0.4, 0.5) is 13.2 Å². The average molecular weight is 390 g/mol. The van der Waals surface area contributed by atoms with E-state index in [1.807, 2.05) is 0 Å². The zero-order valence-corrected chi connectivity index (χ0v) is 14.4. The average Bonchev–Trinajstić information content (AvgIpc) is 3.32. The van der Waals surface area contributed by atoms with Crippen LogP contribution in [0.2, 0.25) is 0 Å². The van der Waals surface area contributed by atoms with Crippen molar-refractivity contribution in [2.24, 2.45) is 11.8 Å². The summed E-state index contributed by atoms with van der Waals surface area (Å²) in [5, 5.41) is 10.8. The van der Waals surface area contributed by atoms with Gasteiger partial charge in [-0.05, 0) is 24.3 Å². The lowest BCUT2D eigenvalue weighted by Crippen LogP contribution is -2.47. The third-order valence-corrected chi connectivity index (χ3v) is 5.76. The number of carbonyl (C=O) groups is 3. The first-order chi connectivity index (χ1) is 12.2. The molecule has 6 nitrogen and oxygen atoms in total. The van der Waals surface area contributed by atoms with Crippen molar-refractivity contribution in [1.29, 1.82) is 0 Å². The van der Waals surface area contributed by atoms with Crippen molar-refractivity contribution < 1.29 is 32.7 Å². The van der Waals surface area contributed by atoms with Gasteiger partial charge < -0.3 is 14.9 Å². The van der Waals surface area contributed by atoms with Crippen LogP contribution in [0.1, 0.15) is 22.5 Å². The molecule has 26 heavy (non-hydrogen) atoms. The molecule has 0 aliphatic carbocycles. The second kappa shape index (κ2) is 6.90. The second-order valence-electron chi connectivity index (χ2n) is 6.47. The SMILES string of the molecule is O=C(O)[C@@H]1CN(C(=O)[C@@H]2CCCN2C(=O)c2cccs2)C[C@H]1C(F)(F)F. The summed E-state index contributed by atoms with van der Waals surface area (Å²) in [6, 6.07) is 2.49. The molecule has 0 unspecified atom stereocenters. The molecule has 0 radical (unpaired) electrons. The molecule has 0 saturated carbocycles. The van der Waals surface area contributed by atoms with Crippen LogP contribution in [0.3, 0.4) is 0 Å². The lowest BCUT2D eigenvalue weighted by atomic mass is 9.96. The Labute approximate surface area is 151 Å². The van der Waals surface area contributed by atoms with Gasteiger partial charge in [-0.1, -0.05) is 6.07 Å². The molecule has 2 aliphatic rings. The highest BCUT2D eigenvalue weighted by Gasteiger charge is 2.54. The second-order valence-corrected chi connectivity index (χ2v) is 7.42. The Morgan fingerprint density at radius 3 is 2.50 bits per heavy atom. The predicted molar refractivity (Wildman–Crippen MR) is 85.6 cm³/mol. The summed E-state index contributed by atoms with van der Waals surface area (Å²) < 4.78 is 39.3. The van der Waals surface area contributed by atoms with Crippen LogP contribution in [0.25, 0.3) is 0 Å². The van der Waals surface area contributed by atoms with Crippen molar-refractivity contribution in [3.05, 3.63) is 22.4 Å².